The van der Waals surface area contributed by atoms with Crippen LogP contribution in [0.15, 0.2) is 36.8 Å². The van der Waals surface area contributed by atoms with E-state index < -0.39 is 0 Å². The summed E-state index contributed by atoms with van der Waals surface area (Å²) in [7, 11) is 0. The number of aromatic nitrogens is 4. The molecule has 1 aliphatic rings. The maximum atomic E-state index is 13.0. The molecule has 0 saturated carbocycles. The Hall–Kier alpha value is -2.63. The Bertz CT molecular complexity index is 836. The number of fused-ring (bicyclic) bond motifs is 1. The summed E-state index contributed by atoms with van der Waals surface area (Å²) in [6, 6.07) is 6.17. The van der Waals surface area contributed by atoms with Crippen molar-refractivity contribution in [2.45, 2.75) is 25.8 Å². The van der Waals surface area contributed by atoms with Crippen LogP contribution >= 0.6 is 0 Å². The smallest absolute Gasteiger partial charge is 0.256 e. The van der Waals surface area contributed by atoms with E-state index in [0.29, 0.717) is 12.1 Å². The highest BCUT2D eigenvalue weighted by Crippen LogP contribution is 2.25. The molecule has 1 fully saturated rings. The van der Waals surface area contributed by atoms with Crippen LogP contribution in [0.2, 0.25) is 0 Å². The highest BCUT2D eigenvalue weighted by Gasteiger charge is 2.27. The number of nitrogens with one attached hydrogen (secondary N) is 1. The number of benzene rings is 1. The van der Waals surface area contributed by atoms with Gasteiger partial charge >= 0.3 is 0 Å². The van der Waals surface area contributed by atoms with E-state index in [4.69, 9.17) is 0 Å². The number of hydrogen-bond donors (Lipinski definition) is 1. The lowest BCUT2D eigenvalue weighted by atomic mass is 10.0. The van der Waals surface area contributed by atoms with Crippen molar-refractivity contribution < 1.29 is 4.79 Å². The number of amides is 1. The van der Waals surface area contributed by atoms with Gasteiger partial charge in [-0.25, -0.2) is 0 Å². The summed E-state index contributed by atoms with van der Waals surface area (Å²) >= 11 is 0. The van der Waals surface area contributed by atoms with E-state index in [0.717, 1.165) is 35.9 Å². The molecular weight excluding hydrogens is 290 g/mol. The maximum absolute atomic E-state index is 13.0. The van der Waals surface area contributed by atoms with E-state index in [1.54, 1.807) is 12.4 Å². The Kier molecular flexibility index (Phi) is 3.37. The monoisotopic (exact) mass is 309 g/mol. The minimum Gasteiger partial charge on any atom is -0.336 e. The summed E-state index contributed by atoms with van der Waals surface area (Å²) in [6.07, 6.45) is 7.57. The van der Waals surface area contributed by atoms with Gasteiger partial charge in [0.25, 0.3) is 5.91 Å². The average molecular weight is 309 g/mol. The molecule has 0 spiro atoms. The molecule has 1 amide bonds. The fraction of sp³-hybridized carbons (Fsp3) is 0.353. The van der Waals surface area contributed by atoms with Crippen molar-refractivity contribution in [3.63, 3.8) is 0 Å². The number of aryl methyl sites for hydroxylation is 1. The molecule has 0 unspecified atom stereocenters. The van der Waals surface area contributed by atoms with E-state index in [9.17, 15) is 4.79 Å². The molecule has 23 heavy (non-hydrogen) atoms. The van der Waals surface area contributed by atoms with Gasteiger partial charge in [-0.05, 0) is 43.5 Å². The Morgan fingerprint density at radius 1 is 1.39 bits per heavy atom. The van der Waals surface area contributed by atoms with Gasteiger partial charge in [0.2, 0.25) is 0 Å². The van der Waals surface area contributed by atoms with Crippen LogP contribution in [-0.2, 0) is 0 Å². The third-order valence-corrected chi connectivity index (χ3v) is 4.51. The number of aromatic amines is 1. The minimum atomic E-state index is 0.0693. The lowest BCUT2D eigenvalue weighted by Crippen LogP contribution is -2.41. The fourth-order valence-electron chi connectivity index (χ4n) is 3.40. The van der Waals surface area contributed by atoms with E-state index >= 15 is 0 Å². The van der Waals surface area contributed by atoms with Crippen LogP contribution in [0.1, 0.15) is 34.8 Å². The average Bonchev–Trinajstić information content (AvgIpc) is 3.24. The number of piperidine rings is 1. The number of carbonyl (C=O) groups excluding carboxylic acids is 1. The quantitative estimate of drug-likeness (QED) is 0.791. The molecule has 3 aromatic rings. The summed E-state index contributed by atoms with van der Waals surface area (Å²) in [6.45, 7) is 3.50. The largest absolute Gasteiger partial charge is 0.336 e. The van der Waals surface area contributed by atoms with Crippen LogP contribution in [0.5, 0.6) is 0 Å². The first-order chi connectivity index (χ1) is 11.2. The van der Waals surface area contributed by atoms with Crippen molar-refractivity contribution in [2.24, 2.45) is 0 Å². The lowest BCUT2D eigenvalue weighted by molar-refractivity contribution is 0.0674. The highest BCUT2D eigenvalue weighted by atomic mass is 16.2. The summed E-state index contributed by atoms with van der Waals surface area (Å²) in [5, 5.41) is 12.3. The standard InChI is InChI=1S/C17H19N5O/c1-12-8-13-10-18-20-16(13)15(9-12)17(23)21-6-2-4-14(11-21)22-7-3-5-19-22/h3,5,7-10,14H,2,4,6,11H2,1H3,(H,18,20)/t14-/m0/s1. The number of carbonyl (C=O) groups is 1. The fourth-order valence-corrected chi connectivity index (χ4v) is 3.40. The van der Waals surface area contributed by atoms with Crippen LogP contribution in [0.25, 0.3) is 10.9 Å². The van der Waals surface area contributed by atoms with Crippen molar-refractivity contribution >= 4 is 16.8 Å². The molecular formula is C17H19N5O. The summed E-state index contributed by atoms with van der Waals surface area (Å²) < 4.78 is 1.96. The number of H-pyrrole nitrogens is 1. The van der Waals surface area contributed by atoms with Gasteiger partial charge in [0.15, 0.2) is 0 Å². The highest BCUT2D eigenvalue weighted by molar-refractivity contribution is 6.05. The van der Waals surface area contributed by atoms with E-state index in [1.807, 2.05) is 40.9 Å². The normalized spacial score (nSPS) is 18.5. The van der Waals surface area contributed by atoms with Crippen LogP contribution in [0.4, 0.5) is 0 Å². The number of rotatable bonds is 2. The first-order valence-corrected chi connectivity index (χ1v) is 7.94. The van der Waals surface area contributed by atoms with E-state index in [1.165, 1.54) is 0 Å². The van der Waals surface area contributed by atoms with Gasteiger partial charge in [-0.15, -0.1) is 0 Å². The topological polar surface area (TPSA) is 66.8 Å². The molecule has 6 heteroatoms. The third kappa shape index (κ3) is 2.50. The SMILES string of the molecule is Cc1cc(C(=O)N2CCC[C@H](n3cccn3)C2)c2[nH]ncc2c1. The molecule has 118 valence electrons. The Morgan fingerprint density at radius 3 is 3.13 bits per heavy atom. The molecule has 0 bridgehead atoms. The first kappa shape index (κ1) is 14.0. The van der Waals surface area contributed by atoms with Crippen molar-refractivity contribution in [3.8, 4) is 0 Å². The Balaban J connectivity index is 1.64. The molecule has 6 nitrogen and oxygen atoms in total. The molecule has 1 atom stereocenters. The molecule has 0 aliphatic carbocycles. The summed E-state index contributed by atoms with van der Waals surface area (Å²) in [5.74, 6) is 0.0693. The molecule has 4 rings (SSSR count). The Labute approximate surface area is 134 Å². The molecule has 3 heterocycles. The van der Waals surface area contributed by atoms with Crippen molar-refractivity contribution in [1.82, 2.24) is 24.9 Å². The Morgan fingerprint density at radius 2 is 2.30 bits per heavy atom. The molecule has 1 aromatic carbocycles. The van der Waals surface area contributed by atoms with Gasteiger partial charge < -0.3 is 4.90 Å². The van der Waals surface area contributed by atoms with Gasteiger partial charge in [0.1, 0.15) is 0 Å². The predicted molar refractivity (Wildman–Crippen MR) is 87.2 cm³/mol. The van der Waals surface area contributed by atoms with Crippen LogP contribution < -0.4 is 0 Å². The molecule has 1 N–H and O–H groups in total. The van der Waals surface area contributed by atoms with Gasteiger partial charge in [-0.1, -0.05) is 0 Å². The van der Waals surface area contributed by atoms with Crippen molar-refractivity contribution in [3.05, 3.63) is 47.9 Å². The second-order valence-electron chi connectivity index (χ2n) is 6.18. The number of nitrogens with zero attached hydrogens (tertiary/aromatic N) is 4. The summed E-state index contributed by atoms with van der Waals surface area (Å²) in [5.41, 5.74) is 2.60. The van der Waals surface area contributed by atoms with Crippen LogP contribution in [-0.4, -0.2) is 43.9 Å². The number of hydrogen-bond acceptors (Lipinski definition) is 3. The first-order valence-electron chi connectivity index (χ1n) is 7.94. The molecule has 1 saturated heterocycles. The predicted octanol–water partition coefficient (Wildman–Crippen LogP) is 2.55. The number of likely N-dealkylation sites (tertiary alicyclic amines) is 1. The molecule has 2 aromatic heterocycles. The second kappa shape index (κ2) is 5.53. The second-order valence-corrected chi connectivity index (χ2v) is 6.18. The zero-order valence-corrected chi connectivity index (χ0v) is 13.1. The van der Waals surface area contributed by atoms with Gasteiger partial charge in [0, 0.05) is 30.9 Å². The zero-order valence-electron chi connectivity index (χ0n) is 13.1. The minimum absolute atomic E-state index is 0.0693. The maximum Gasteiger partial charge on any atom is 0.256 e. The van der Waals surface area contributed by atoms with Gasteiger partial charge in [-0.2, -0.15) is 10.2 Å². The van der Waals surface area contributed by atoms with E-state index in [2.05, 4.69) is 15.3 Å². The van der Waals surface area contributed by atoms with Crippen LogP contribution in [0.3, 0.4) is 0 Å². The zero-order chi connectivity index (χ0) is 15.8. The lowest BCUT2D eigenvalue weighted by Gasteiger charge is -2.33. The van der Waals surface area contributed by atoms with Crippen LogP contribution in [0, 0.1) is 6.92 Å². The van der Waals surface area contributed by atoms with Gasteiger partial charge in [-0.3, -0.25) is 14.6 Å². The van der Waals surface area contributed by atoms with E-state index in [-0.39, 0.29) is 11.9 Å². The molecule has 1 aliphatic heterocycles. The van der Waals surface area contributed by atoms with Crippen molar-refractivity contribution in [2.75, 3.05) is 13.1 Å². The summed E-state index contributed by atoms with van der Waals surface area (Å²) in [4.78, 5) is 15.0. The molecule has 0 radical (unpaired) electrons. The third-order valence-electron chi connectivity index (χ3n) is 4.51. The van der Waals surface area contributed by atoms with Gasteiger partial charge in [0.05, 0.1) is 23.3 Å². The van der Waals surface area contributed by atoms with Crippen molar-refractivity contribution in [1.29, 1.82) is 0 Å².